The molecule has 0 atom stereocenters. The van der Waals surface area contributed by atoms with E-state index in [1.807, 2.05) is 13.1 Å². The second-order valence-corrected chi connectivity index (χ2v) is 7.06. The second kappa shape index (κ2) is 5.98. The van der Waals surface area contributed by atoms with E-state index in [4.69, 9.17) is 4.98 Å². The minimum atomic E-state index is -0.0373. The fraction of sp³-hybridized carbons (Fsp3) is 0.750. The summed E-state index contributed by atoms with van der Waals surface area (Å²) in [4.78, 5) is 9.27. The lowest BCUT2D eigenvalue weighted by molar-refractivity contribution is 0.360. The monoisotopic (exact) mass is 276 g/mol. The number of nitrogens with one attached hydrogen (secondary N) is 2. The van der Waals surface area contributed by atoms with Gasteiger partial charge in [-0.25, -0.2) is 9.97 Å². The van der Waals surface area contributed by atoms with E-state index >= 15 is 0 Å². The summed E-state index contributed by atoms with van der Waals surface area (Å²) in [5.74, 6) is 3.60. The standard InChI is InChI=1S/C16H28N4/c1-11-6-8-12(9-7-11)18-14-10-13(17-5)19-15(20-14)16(2,3)4/h10-12H,6-9H2,1-5H3,(H2,17,18,19,20). The van der Waals surface area contributed by atoms with E-state index in [0.29, 0.717) is 6.04 Å². The smallest absolute Gasteiger partial charge is 0.138 e. The summed E-state index contributed by atoms with van der Waals surface area (Å²) in [6, 6.07) is 2.56. The maximum atomic E-state index is 4.70. The first kappa shape index (κ1) is 15.1. The van der Waals surface area contributed by atoms with Crippen molar-refractivity contribution in [1.82, 2.24) is 9.97 Å². The van der Waals surface area contributed by atoms with Crippen LogP contribution in [0.3, 0.4) is 0 Å². The number of aromatic nitrogens is 2. The predicted molar refractivity (Wildman–Crippen MR) is 85.3 cm³/mol. The van der Waals surface area contributed by atoms with Crippen molar-refractivity contribution in [2.24, 2.45) is 5.92 Å². The molecule has 0 bridgehead atoms. The summed E-state index contributed by atoms with van der Waals surface area (Å²) < 4.78 is 0. The van der Waals surface area contributed by atoms with Crippen molar-refractivity contribution < 1.29 is 0 Å². The normalized spacial score (nSPS) is 23.4. The Morgan fingerprint density at radius 1 is 1.05 bits per heavy atom. The van der Waals surface area contributed by atoms with E-state index in [0.717, 1.165) is 23.4 Å². The maximum Gasteiger partial charge on any atom is 0.138 e. The molecule has 0 radical (unpaired) electrons. The maximum absolute atomic E-state index is 4.70. The molecule has 1 aliphatic rings. The molecule has 2 N–H and O–H groups in total. The highest BCUT2D eigenvalue weighted by atomic mass is 15.1. The molecule has 4 heteroatoms. The van der Waals surface area contributed by atoms with Crippen LogP contribution >= 0.6 is 0 Å². The predicted octanol–water partition coefficient (Wildman–Crippen LogP) is 3.81. The number of hydrogen-bond donors (Lipinski definition) is 2. The molecule has 0 saturated heterocycles. The Labute approximate surface area is 122 Å². The zero-order valence-electron chi connectivity index (χ0n) is 13.5. The minimum absolute atomic E-state index is 0.0373. The summed E-state index contributed by atoms with van der Waals surface area (Å²) in [5.41, 5.74) is -0.0373. The van der Waals surface area contributed by atoms with Crippen LogP contribution in [0, 0.1) is 5.92 Å². The molecule has 1 saturated carbocycles. The Balaban J connectivity index is 2.14. The van der Waals surface area contributed by atoms with E-state index in [2.05, 4.69) is 43.3 Å². The molecular formula is C16H28N4. The molecule has 20 heavy (non-hydrogen) atoms. The van der Waals surface area contributed by atoms with Crippen molar-refractivity contribution in [3.8, 4) is 0 Å². The van der Waals surface area contributed by atoms with Gasteiger partial charge in [-0.2, -0.15) is 0 Å². The Morgan fingerprint density at radius 2 is 1.65 bits per heavy atom. The third-order valence-corrected chi connectivity index (χ3v) is 4.02. The molecule has 112 valence electrons. The van der Waals surface area contributed by atoms with Crippen LogP contribution in [-0.2, 0) is 5.41 Å². The van der Waals surface area contributed by atoms with Gasteiger partial charge in [-0.05, 0) is 31.6 Å². The summed E-state index contributed by atoms with van der Waals surface area (Å²) in [7, 11) is 1.90. The van der Waals surface area contributed by atoms with Gasteiger partial charge in [-0.15, -0.1) is 0 Å². The average molecular weight is 276 g/mol. The second-order valence-electron chi connectivity index (χ2n) is 7.06. The first-order valence-electron chi connectivity index (χ1n) is 7.72. The summed E-state index contributed by atoms with van der Waals surface area (Å²) >= 11 is 0. The van der Waals surface area contributed by atoms with Gasteiger partial charge >= 0.3 is 0 Å². The zero-order chi connectivity index (χ0) is 14.8. The van der Waals surface area contributed by atoms with Crippen LogP contribution < -0.4 is 10.6 Å². The molecule has 0 aromatic carbocycles. The molecule has 0 aliphatic heterocycles. The minimum Gasteiger partial charge on any atom is -0.373 e. The fourth-order valence-corrected chi connectivity index (χ4v) is 2.60. The Bertz CT molecular complexity index is 442. The van der Waals surface area contributed by atoms with Gasteiger partial charge in [-0.1, -0.05) is 27.7 Å². The van der Waals surface area contributed by atoms with Crippen molar-refractivity contribution >= 4 is 11.6 Å². The van der Waals surface area contributed by atoms with Gasteiger partial charge < -0.3 is 10.6 Å². The first-order chi connectivity index (χ1) is 9.38. The van der Waals surface area contributed by atoms with Gasteiger partial charge in [0.25, 0.3) is 0 Å². The van der Waals surface area contributed by atoms with Gasteiger partial charge in [0, 0.05) is 24.6 Å². The van der Waals surface area contributed by atoms with Gasteiger partial charge in [0.1, 0.15) is 17.5 Å². The van der Waals surface area contributed by atoms with E-state index < -0.39 is 0 Å². The zero-order valence-corrected chi connectivity index (χ0v) is 13.5. The molecule has 4 nitrogen and oxygen atoms in total. The van der Waals surface area contributed by atoms with Crippen LogP contribution in [0.5, 0.6) is 0 Å². The Hall–Kier alpha value is -1.32. The lowest BCUT2D eigenvalue weighted by Gasteiger charge is -2.28. The number of hydrogen-bond acceptors (Lipinski definition) is 4. The fourth-order valence-electron chi connectivity index (χ4n) is 2.60. The highest BCUT2D eigenvalue weighted by molar-refractivity contribution is 5.48. The van der Waals surface area contributed by atoms with Crippen molar-refractivity contribution in [1.29, 1.82) is 0 Å². The van der Waals surface area contributed by atoms with Crippen LogP contribution in [0.1, 0.15) is 59.2 Å². The molecular weight excluding hydrogens is 248 g/mol. The van der Waals surface area contributed by atoms with E-state index in [1.54, 1.807) is 0 Å². The number of nitrogens with zero attached hydrogens (tertiary/aromatic N) is 2. The lowest BCUT2D eigenvalue weighted by Crippen LogP contribution is -2.26. The van der Waals surface area contributed by atoms with E-state index in [9.17, 15) is 0 Å². The highest BCUT2D eigenvalue weighted by Gasteiger charge is 2.21. The Kier molecular flexibility index (Phi) is 4.51. The third-order valence-electron chi connectivity index (χ3n) is 4.02. The molecule has 0 unspecified atom stereocenters. The van der Waals surface area contributed by atoms with E-state index in [1.165, 1.54) is 25.7 Å². The number of anilines is 2. The van der Waals surface area contributed by atoms with Crippen molar-refractivity contribution in [2.45, 2.75) is 64.8 Å². The lowest BCUT2D eigenvalue weighted by atomic mass is 9.87. The summed E-state index contributed by atoms with van der Waals surface area (Å²) in [6.07, 6.45) is 5.11. The van der Waals surface area contributed by atoms with Gasteiger partial charge in [0.15, 0.2) is 0 Å². The van der Waals surface area contributed by atoms with Gasteiger partial charge in [0.2, 0.25) is 0 Å². The van der Waals surface area contributed by atoms with Crippen molar-refractivity contribution in [3.05, 3.63) is 11.9 Å². The third kappa shape index (κ3) is 3.84. The van der Waals surface area contributed by atoms with Crippen LogP contribution in [0.2, 0.25) is 0 Å². The highest BCUT2D eigenvalue weighted by Crippen LogP contribution is 2.27. The van der Waals surface area contributed by atoms with E-state index in [-0.39, 0.29) is 5.41 Å². The summed E-state index contributed by atoms with van der Waals surface area (Å²) in [6.45, 7) is 8.78. The number of rotatable bonds is 3. The summed E-state index contributed by atoms with van der Waals surface area (Å²) in [5, 5.41) is 6.73. The SMILES string of the molecule is CNc1cc(NC2CCC(C)CC2)nc(C(C)(C)C)n1. The topological polar surface area (TPSA) is 49.8 Å². The van der Waals surface area contributed by atoms with Crippen molar-refractivity contribution in [2.75, 3.05) is 17.7 Å². The molecule has 2 rings (SSSR count). The Morgan fingerprint density at radius 3 is 2.20 bits per heavy atom. The van der Waals surface area contributed by atoms with Crippen molar-refractivity contribution in [3.63, 3.8) is 0 Å². The van der Waals surface area contributed by atoms with Gasteiger partial charge in [-0.3, -0.25) is 0 Å². The average Bonchev–Trinajstić information content (AvgIpc) is 2.40. The van der Waals surface area contributed by atoms with Crippen LogP contribution in [0.4, 0.5) is 11.6 Å². The quantitative estimate of drug-likeness (QED) is 0.881. The molecule has 1 fully saturated rings. The molecule has 0 spiro atoms. The molecule has 1 aromatic rings. The molecule has 1 aromatic heterocycles. The molecule has 1 heterocycles. The first-order valence-corrected chi connectivity index (χ1v) is 7.72. The molecule has 0 amide bonds. The largest absolute Gasteiger partial charge is 0.373 e. The van der Waals surface area contributed by atoms with Crippen LogP contribution in [0.15, 0.2) is 6.07 Å². The molecule has 1 aliphatic carbocycles. The van der Waals surface area contributed by atoms with Gasteiger partial charge in [0.05, 0.1) is 0 Å². The van der Waals surface area contributed by atoms with Crippen LogP contribution in [0.25, 0.3) is 0 Å². The van der Waals surface area contributed by atoms with Crippen LogP contribution in [-0.4, -0.2) is 23.1 Å².